The van der Waals surface area contributed by atoms with Gasteiger partial charge in [0.1, 0.15) is 5.60 Å². The number of nitrogens with zero attached hydrogens (tertiary/aromatic N) is 5. The van der Waals surface area contributed by atoms with E-state index in [0.717, 1.165) is 19.6 Å². The van der Waals surface area contributed by atoms with Crippen LogP contribution >= 0.6 is 0 Å². The van der Waals surface area contributed by atoms with Crippen molar-refractivity contribution in [2.24, 2.45) is 0 Å². The second-order valence-corrected chi connectivity index (χ2v) is 15.7. The van der Waals surface area contributed by atoms with Crippen molar-refractivity contribution in [3.63, 3.8) is 0 Å². The molecule has 0 bridgehead atoms. The normalized spacial score (nSPS) is 22.3. The number of amides is 1. The van der Waals surface area contributed by atoms with Gasteiger partial charge in [0.15, 0.2) is 0 Å². The van der Waals surface area contributed by atoms with Gasteiger partial charge in [0.2, 0.25) is 0 Å². The molecule has 1 N–H and O–H groups in total. The zero-order valence-corrected chi connectivity index (χ0v) is 32.6. The van der Waals surface area contributed by atoms with Gasteiger partial charge >= 0.3 is 18.4 Å². The van der Waals surface area contributed by atoms with Crippen LogP contribution in [0.3, 0.4) is 0 Å². The predicted octanol–water partition coefficient (Wildman–Crippen LogP) is 6.32. The van der Waals surface area contributed by atoms with E-state index < -0.39 is 29.1 Å². The Morgan fingerprint density at radius 2 is 1.18 bits per heavy atom. The molecule has 4 aliphatic heterocycles. The van der Waals surface area contributed by atoms with Crippen molar-refractivity contribution in [3.8, 4) is 0 Å². The molecule has 55 heavy (non-hydrogen) atoms. The molecule has 0 aliphatic carbocycles. The van der Waals surface area contributed by atoms with Crippen LogP contribution in [0.25, 0.3) is 0 Å². The molecule has 0 aromatic heterocycles. The Kier molecular flexibility index (Phi) is 14.3. The third kappa shape index (κ3) is 12.3. The van der Waals surface area contributed by atoms with E-state index in [1.165, 1.54) is 12.1 Å². The molecule has 2 atom stereocenters. The maximum Gasteiger partial charge on any atom is 0.416 e. The Labute approximate surface area is 320 Å². The van der Waals surface area contributed by atoms with Crippen LogP contribution in [0.1, 0.15) is 56.9 Å². The SMILES string of the molecule is C[C@H]1CN(Cc2ccc(N3CCOCC3)cc2C(F)(F)F)CCN1.C[C@H]1CN(Cc2ccc(N3CCOCC3)cc2C(F)(F)F)CCN1C(=O)OC(C)(C)C. The third-order valence-electron chi connectivity index (χ3n) is 10.1. The number of nitrogens with one attached hydrogen (secondary N) is 1. The number of piperazine rings is 2. The lowest BCUT2D eigenvalue weighted by molar-refractivity contribution is -0.139. The number of carbonyl (C=O) groups excluding carboxylic acids is 1. The topological polar surface area (TPSA) is 73.0 Å². The number of halogens is 6. The molecule has 10 nitrogen and oxygen atoms in total. The van der Waals surface area contributed by atoms with Gasteiger partial charge in [-0.2, -0.15) is 26.3 Å². The van der Waals surface area contributed by atoms with Crippen molar-refractivity contribution >= 4 is 17.5 Å². The van der Waals surface area contributed by atoms with Gasteiger partial charge in [0.05, 0.1) is 37.6 Å². The molecule has 4 fully saturated rings. The summed E-state index contributed by atoms with van der Waals surface area (Å²) in [5.41, 5.74) is 0.107. The van der Waals surface area contributed by atoms with Crippen LogP contribution in [0.5, 0.6) is 0 Å². The largest absolute Gasteiger partial charge is 0.444 e. The van der Waals surface area contributed by atoms with Crippen molar-refractivity contribution in [2.45, 2.75) is 77.7 Å². The molecule has 2 aromatic carbocycles. The van der Waals surface area contributed by atoms with Crippen LogP contribution < -0.4 is 15.1 Å². The summed E-state index contributed by atoms with van der Waals surface area (Å²) >= 11 is 0. The lowest BCUT2D eigenvalue weighted by atomic mass is 10.0. The van der Waals surface area contributed by atoms with Gasteiger partial charge in [0, 0.05) is 102 Å². The van der Waals surface area contributed by atoms with Gasteiger partial charge in [-0.25, -0.2) is 4.79 Å². The van der Waals surface area contributed by atoms with Gasteiger partial charge in [0.25, 0.3) is 0 Å². The Hall–Kier alpha value is -3.31. The molecular weight excluding hydrogens is 730 g/mol. The summed E-state index contributed by atoms with van der Waals surface area (Å²) in [4.78, 5) is 22.0. The highest BCUT2D eigenvalue weighted by Gasteiger charge is 2.37. The smallest absolute Gasteiger partial charge is 0.416 e. The molecule has 16 heteroatoms. The summed E-state index contributed by atoms with van der Waals surface area (Å²) < 4.78 is 98.1. The van der Waals surface area contributed by atoms with E-state index in [4.69, 9.17) is 14.2 Å². The number of rotatable bonds is 6. The predicted molar refractivity (Wildman–Crippen MR) is 199 cm³/mol. The fourth-order valence-corrected chi connectivity index (χ4v) is 7.37. The second-order valence-electron chi connectivity index (χ2n) is 15.7. The number of hydrogen-bond acceptors (Lipinski definition) is 9. The van der Waals surface area contributed by atoms with E-state index in [2.05, 4.69) is 17.1 Å². The first-order chi connectivity index (χ1) is 25.9. The maximum absolute atomic E-state index is 13.8. The van der Waals surface area contributed by atoms with Gasteiger partial charge in [-0.3, -0.25) is 9.80 Å². The lowest BCUT2D eigenvalue weighted by Crippen LogP contribution is -2.54. The van der Waals surface area contributed by atoms with Gasteiger partial charge in [-0.1, -0.05) is 12.1 Å². The molecule has 2 aromatic rings. The number of alkyl halides is 6. The molecule has 0 unspecified atom stereocenters. The fourth-order valence-electron chi connectivity index (χ4n) is 7.37. The Bertz CT molecular complexity index is 1560. The number of anilines is 2. The van der Waals surface area contributed by atoms with Crippen LogP contribution in [0.15, 0.2) is 36.4 Å². The van der Waals surface area contributed by atoms with Gasteiger partial charge in [-0.15, -0.1) is 0 Å². The molecule has 0 saturated carbocycles. The van der Waals surface area contributed by atoms with Crippen molar-refractivity contribution < 1.29 is 45.3 Å². The third-order valence-corrected chi connectivity index (χ3v) is 10.1. The summed E-state index contributed by atoms with van der Waals surface area (Å²) in [7, 11) is 0. The minimum Gasteiger partial charge on any atom is -0.444 e. The van der Waals surface area contributed by atoms with Crippen molar-refractivity contribution in [1.29, 1.82) is 0 Å². The minimum atomic E-state index is -4.43. The van der Waals surface area contributed by atoms with Crippen LogP contribution in [0, 0.1) is 0 Å². The first-order valence-corrected chi connectivity index (χ1v) is 19.1. The van der Waals surface area contributed by atoms with E-state index in [1.807, 2.05) is 48.5 Å². The second kappa shape index (κ2) is 18.3. The maximum atomic E-state index is 13.8. The summed E-state index contributed by atoms with van der Waals surface area (Å²) in [5, 5.41) is 3.31. The fraction of sp³-hybridized carbons (Fsp3) is 0.667. The van der Waals surface area contributed by atoms with Gasteiger partial charge in [-0.05, 0) is 70.0 Å². The summed E-state index contributed by atoms with van der Waals surface area (Å²) in [6.07, 6.45) is -9.15. The zero-order chi connectivity index (χ0) is 40.0. The van der Waals surface area contributed by atoms with E-state index in [9.17, 15) is 31.1 Å². The number of benzene rings is 2. The van der Waals surface area contributed by atoms with Gasteiger partial charge < -0.3 is 34.2 Å². The highest BCUT2D eigenvalue weighted by Crippen LogP contribution is 2.37. The number of carbonyl (C=O) groups is 1. The number of ether oxygens (including phenoxy) is 3. The molecule has 0 radical (unpaired) electrons. The molecule has 6 rings (SSSR count). The van der Waals surface area contributed by atoms with E-state index >= 15 is 0 Å². The first-order valence-electron chi connectivity index (χ1n) is 19.1. The number of hydrogen-bond donors (Lipinski definition) is 1. The highest BCUT2D eigenvalue weighted by atomic mass is 19.4. The average molecular weight is 787 g/mol. The Morgan fingerprint density at radius 1 is 0.709 bits per heavy atom. The molecule has 1 amide bonds. The van der Waals surface area contributed by atoms with E-state index in [-0.39, 0.29) is 24.2 Å². The first kappa shape index (κ1) is 42.8. The summed E-state index contributed by atoms with van der Waals surface area (Å²) in [5.74, 6) is 0. The van der Waals surface area contributed by atoms with Crippen LogP contribution in [0.4, 0.5) is 42.5 Å². The highest BCUT2D eigenvalue weighted by molar-refractivity contribution is 5.68. The molecular formula is C39H56F6N6O4. The molecule has 4 heterocycles. The average Bonchev–Trinajstić information content (AvgIpc) is 3.11. The quantitative estimate of drug-likeness (QED) is 0.339. The summed E-state index contributed by atoms with van der Waals surface area (Å²) in [6, 6.07) is 9.50. The Balaban J connectivity index is 0.000000218. The molecule has 4 aliphatic rings. The van der Waals surface area contributed by atoms with Crippen LogP contribution in [0.2, 0.25) is 0 Å². The molecule has 0 spiro atoms. The van der Waals surface area contributed by atoms with E-state index in [0.29, 0.717) is 102 Å². The standard InChI is InChI=1S/C22H32F3N3O3.C17H24F3N3O/c1-16-14-26(7-8-28(16)20(29)31-21(2,3)4)15-17-5-6-18(13-19(17)22(23,24)25)27-9-11-30-12-10-27;1-13-11-22(5-4-21-13)12-14-2-3-15(10-16(14)17(18,19)20)23-6-8-24-9-7-23/h5-6,13,16H,7-12,14-15H2,1-4H3;2-3,10,13,21H,4-9,11-12H2,1H3/t16-;13-/m00/s1. The van der Waals surface area contributed by atoms with E-state index in [1.54, 1.807) is 23.1 Å². The zero-order valence-electron chi connectivity index (χ0n) is 32.6. The van der Waals surface area contributed by atoms with Crippen molar-refractivity contribution in [1.82, 2.24) is 20.0 Å². The van der Waals surface area contributed by atoms with Crippen LogP contribution in [-0.2, 0) is 39.7 Å². The number of morpholine rings is 2. The van der Waals surface area contributed by atoms with Crippen LogP contribution in [-0.4, -0.2) is 130 Å². The Morgan fingerprint density at radius 3 is 1.60 bits per heavy atom. The monoisotopic (exact) mass is 786 g/mol. The minimum absolute atomic E-state index is 0.148. The molecule has 308 valence electrons. The lowest BCUT2D eigenvalue weighted by Gasteiger charge is -2.40. The summed E-state index contributed by atoms with van der Waals surface area (Å²) in [6.45, 7) is 18.2. The van der Waals surface area contributed by atoms with Crippen molar-refractivity contribution in [3.05, 3.63) is 58.7 Å². The van der Waals surface area contributed by atoms with Crippen molar-refractivity contribution in [2.75, 3.05) is 102 Å². The molecule has 4 saturated heterocycles.